The maximum absolute atomic E-state index is 12.5. The number of methoxy groups -OCH3 is 1. The van der Waals surface area contributed by atoms with E-state index in [2.05, 4.69) is 5.32 Å². The van der Waals surface area contributed by atoms with E-state index in [0.717, 1.165) is 35.5 Å². The number of hydrogen-bond donors (Lipinski definition) is 1. The second kappa shape index (κ2) is 7.18. The van der Waals surface area contributed by atoms with Crippen molar-refractivity contribution in [2.24, 2.45) is 0 Å². The van der Waals surface area contributed by atoms with Gasteiger partial charge in [-0.05, 0) is 30.5 Å². The van der Waals surface area contributed by atoms with Gasteiger partial charge in [0.2, 0.25) is 5.91 Å². The molecule has 2 aromatic rings. The van der Waals surface area contributed by atoms with E-state index in [4.69, 9.17) is 9.47 Å². The number of rotatable bonds is 5. The molecule has 0 saturated carbocycles. The zero-order valence-electron chi connectivity index (χ0n) is 13.2. The SMILES string of the molecule is COc1ccccc1CCNC(=O)C1CCOc2ccccc21. The van der Waals surface area contributed by atoms with E-state index in [1.165, 1.54) is 0 Å². The van der Waals surface area contributed by atoms with Gasteiger partial charge in [-0.25, -0.2) is 0 Å². The summed E-state index contributed by atoms with van der Waals surface area (Å²) in [5.74, 6) is 1.62. The van der Waals surface area contributed by atoms with E-state index in [-0.39, 0.29) is 11.8 Å². The lowest BCUT2D eigenvalue weighted by Gasteiger charge is -2.25. The minimum Gasteiger partial charge on any atom is -0.496 e. The fraction of sp³-hybridized carbons (Fsp3) is 0.316. The molecule has 0 fully saturated rings. The Bertz CT molecular complexity index is 684. The predicted molar refractivity (Wildman–Crippen MR) is 89.0 cm³/mol. The third-order valence-electron chi connectivity index (χ3n) is 4.16. The molecule has 0 spiro atoms. The number of ether oxygens (including phenoxy) is 2. The number of carbonyl (C=O) groups excluding carboxylic acids is 1. The molecule has 0 saturated heterocycles. The summed E-state index contributed by atoms with van der Waals surface area (Å²) in [7, 11) is 1.66. The molecule has 23 heavy (non-hydrogen) atoms. The van der Waals surface area contributed by atoms with Crippen molar-refractivity contribution >= 4 is 5.91 Å². The Hall–Kier alpha value is -2.49. The molecule has 0 bridgehead atoms. The highest BCUT2D eigenvalue weighted by molar-refractivity contribution is 5.84. The van der Waals surface area contributed by atoms with Gasteiger partial charge in [-0.2, -0.15) is 0 Å². The van der Waals surface area contributed by atoms with Gasteiger partial charge < -0.3 is 14.8 Å². The van der Waals surface area contributed by atoms with Gasteiger partial charge in [0.25, 0.3) is 0 Å². The largest absolute Gasteiger partial charge is 0.496 e. The minimum atomic E-state index is -0.127. The Kier molecular flexibility index (Phi) is 4.81. The van der Waals surface area contributed by atoms with Crippen LogP contribution in [0.1, 0.15) is 23.5 Å². The van der Waals surface area contributed by atoms with Gasteiger partial charge in [-0.1, -0.05) is 36.4 Å². The fourth-order valence-electron chi connectivity index (χ4n) is 2.97. The maximum atomic E-state index is 12.5. The van der Waals surface area contributed by atoms with Crippen molar-refractivity contribution in [3.05, 3.63) is 59.7 Å². The molecule has 1 aliphatic rings. The number of hydrogen-bond acceptors (Lipinski definition) is 3. The van der Waals surface area contributed by atoms with E-state index >= 15 is 0 Å². The number of amides is 1. The van der Waals surface area contributed by atoms with Gasteiger partial charge in [0.15, 0.2) is 0 Å². The highest BCUT2D eigenvalue weighted by Crippen LogP contribution is 2.33. The Morgan fingerprint density at radius 3 is 2.87 bits per heavy atom. The molecule has 4 nitrogen and oxygen atoms in total. The summed E-state index contributed by atoms with van der Waals surface area (Å²) < 4.78 is 10.9. The number of fused-ring (bicyclic) bond motifs is 1. The molecule has 0 aromatic heterocycles. The normalized spacial score (nSPS) is 16.1. The van der Waals surface area contributed by atoms with Gasteiger partial charge in [0.1, 0.15) is 11.5 Å². The average Bonchev–Trinajstić information content (AvgIpc) is 2.61. The quantitative estimate of drug-likeness (QED) is 0.923. The first-order chi connectivity index (χ1) is 11.3. The lowest BCUT2D eigenvalue weighted by molar-refractivity contribution is -0.123. The van der Waals surface area contributed by atoms with E-state index in [1.807, 2.05) is 48.5 Å². The smallest absolute Gasteiger partial charge is 0.227 e. The summed E-state index contributed by atoms with van der Waals surface area (Å²) in [6.45, 7) is 1.18. The van der Waals surface area contributed by atoms with Gasteiger partial charge in [0, 0.05) is 12.1 Å². The van der Waals surface area contributed by atoms with Crippen LogP contribution in [0.3, 0.4) is 0 Å². The fourth-order valence-corrected chi connectivity index (χ4v) is 2.97. The van der Waals surface area contributed by atoms with Crippen LogP contribution in [-0.2, 0) is 11.2 Å². The van der Waals surface area contributed by atoms with E-state index in [1.54, 1.807) is 7.11 Å². The standard InChI is InChI=1S/C19H21NO3/c1-22-17-8-4-2-6-14(17)10-12-20-19(21)16-11-13-23-18-9-5-3-7-15(16)18/h2-9,16H,10-13H2,1H3,(H,20,21). The Morgan fingerprint density at radius 2 is 2.00 bits per heavy atom. The molecule has 0 radical (unpaired) electrons. The maximum Gasteiger partial charge on any atom is 0.227 e. The van der Waals surface area contributed by atoms with Crippen molar-refractivity contribution in [3.8, 4) is 11.5 Å². The first kappa shape index (κ1) is 15.4. The Labute approximate surface area is 136 Å². The molecule has 4 heteroatoms. The highest BCUT2D eigenvalue weighted by Gasteiger charge is 2.26. The zero-order valence-corrected chi connectivity index (χ0v) is 13.2. The third kappa shape index (κ3) is 3.47. The summed E-state index contributed by atoms with van der Waals surface area (Å²) in [5, 5.41) is 3.04. The lowest BCUT2D eigenvalue weighted by atomic mass is 9.92. The molecule has 1 heterocycles. The molecule has 1 unspecified atom stereocenters. The van der Waals surface area contributed by atoms with Crippen molar-refractivity contribution in [1.82, 2.24) is 5.32 Å². The van der Waals surface area contributed by atoms with Gasteiger partial charge in [0.05, 0.1) is 19.6 Å². The van der Waals surface area contributed by atoms with Crippen LogP contribution >= 0.6 is 0 Å². The van der Waals surface area contributed by atoms with E-state index < -0.39 is 0 Å². The Morgan fingerprint density at radius 1 is 1.22 bits per heavy atom. The van der Waals surface area contributed by atoms with Crippen molar-refractivity contribution < 1.29 is 14.3 Å². The molecule has 1 amide bonds. The molecular weight excluding hydrogens is 290 g/mol. The first-order valence-corrected chi connectivity index (χ1v) is 7.91. The molecule has 120 valence electrons. The topological polar surface area (TPSA) is 47.6 Å². The van der Waals surface area contributed by atoms with Gasteiger partial charge in [-0.3, -0.25) is 4.79 Å². The minimum absolute atomic E-state index is 0.0654. The lowest BCUT2D eigenvalue weighted by Crippen LogP contribution is -2.33. The van der Waals surface area contributed by atoms with Crippen LogP contribution in [0.15, 0.2) is 48.5 Å². The number of para-hydroxylation sites is 2. The van der Waals surface area contributed by atoms with Crippen LogP contribution in [0.4, 0.5) is 0 Å². The van der Waals surface area contributed by atoms with Crippen LogP contribution in [0, 0.1) is 0 Å². The van der Waals surface area contributed by atoms with Crippen molar-refractivity contribution in [1.29, 1.82) is 0 Å². The summed E-state index contributed by atoms with van der Waals surface area (Å²) >= 11 is 0. The summed E-state index contributed by atoms with van der Waals surface area (Å²) in [6, 6.07) is 15.7. The second-order valence-electron chi connectivity index (χ2n) is 5.58. The first-order valence-electron chi connectivity index (χ1n) is 7.91. The van der Waals surface area contributed by atoms with Crippen LogP contribution in [0.25, 0.3) is 0 Å². The summed E-state index contributed by atoms with van der Waals surface area (Å²) in [5.41, 5.74) is 2.08. The van der Waals surface area contributed by atoms with Crippen molar-refractivity contribution in [3.63, 3.8) is 0 Å². The predicted octanol–water partition coefficient (Wildman–Crippen LogP) is 2.92. The van der Waals surface area contributed by atoms with E-state index in [9.17, 15) is 4.79 Å². The molecule has 2 aromatic carbocycles. The van der Waals surface area contributed by atoms with Crippen LogP contribution in [0.2, 0.25) is 0 Å². The van der Waals surface area contributed by atoms with E-state index in [0.29, 0.717) is 13.2 Å². The third-order valence-corrected chi connectivity index (χ3v) is 4.16. The molecule has 0 aliphatic carbocycles. The molecular formula is C19H21NO3. The monoisotopic (exact) mass is 311 g/mol. The molecule has 1 atom stereocenters. The number of benzene rings is 2. The summed E-state index contributed by atoms with van der Waals surface area (Å²) in [4.78, 5) is 12.5. The molecule has 1 N–H and O–H groups in total. The second-order valence-corrected chi connectivity index (χ2v) is 5.58. The van der Waals surface area contributed by atoms with Crippen molar-refractivity contribution in [2.45, 2.75) is 18.8 Å². The number of nitrogens with one attached hydrogen (secondary N) is 1. The average molecular weight is 311 g/mol. The van der Waals surface area contributed by atoms with Crippen LogP contribution in [-0.4, -0.2) is 26.2 Å². The van der Waals surface area contributed by atoms with Crippen LogP contribution in [0.5, 0.6) is 11.5 Å². The summed E-state index contributed by atoms with van der Waals surface area (Å²) in [6.07, 6.45) is 1.47. The Balaban J connectivity index is 1.60. The van der Waals surface area contributed by atoms with Gasteiger partial charge >= 0.3 is 0 Å². The highest BCUT2D eigenvalue weighted by atomic mass is 16.5. The van der Waals surface area contributed by atoms with Gasteiger partial charge in [-0.15, -0.1) is 0 Å². The van der Waals surface area contributed by atoms with Crippen molar-refractivity contribution in [2.75, 3.05) is 20.3 Å². The van der Waals surface area contributed by atoms with Crippen LogP contribution < -0.4 is 14.8 Å². The number of carbonyl (C=O) groups is 1. The molecule has 1 aliphatic heterocycles. The molecule has 3 rings (SSSR count). The zero-order chi connectivity index (χ0) is 16.1.